The SMILES string of the molecule is CC(C)NC(=O)c1cc(Cl)c2c(c1)NC(=O)[C@@H](C)O2. The van der Waals surface area contributed by atoms with Crippen molar-refractivity contribution in [3.8, 4) is 5.75 Å². The molecule has 0 saturated heterocycles. The maximum Gasteiger partial charge on any atom is 0.265 e. The number of amides is 2. The van der Waals surface area contributed by atoms with E-state index in [1.165, 1.54) is 6.07 Å². The minimum Gasteiger partial charge on any atom is -0.477 e. The Morgan fingerprint density at radius 2 is 2.16 bits per heavy atom. The van der Waals surface area contributed by atoms with Crippen LogP contribution in [0.3, 0.4) is 0 Å². The summed E-state index contributed by atoms with van der Waals surface area (Å²) in [4.78, 5) is 23.5. The average Bonchev–Trinajstić information content (AvgIpc) is 2.30. The van der Waals surface area contributed by atoms with Crippen LogP contribution in [0.2, 0.25) is 5.02 Å². The van der Waals surface area contributed by atoms with Gasteiger partial charge in [0.2, 0.25) is 0 Å². The van der Waals surface area contributed by atoms with Gasteiger partial charge in [-0.05, 0) is 32.9 Å². The number of fused-ring (bicyclic) bond motifs is 1. The van der Waals surface area contributed by atoms with Gasteiger partial charge in [-0.1, -0.05) is 11.6 Å². The third-order valence-corrected chi connectivity index (χ3v) is 2.93. The van der Waals surface area contributed by atoms with Gasteiger partial charge in [0, 0.05) is 11.6 Å². The Morgan fingerprint density at radius 3 is 2.79 bits per heavy atom. The van der Waals surface area contributed by atoms with E-state index in [9.17, 15) is 9.59 Å². The summed E-state index contributed by atoms with van der Waals surface area (Å²) in [5.41, 5.74) is 0.806. The van der Waals surface area contributed by atoms with Crippen molar-refractivity contribution in [1.29, 1.82) is 0 Å². The third-order valence-electron chi connectivity index (χ3n) is 2.65. The van der Waals surface area contributed by atoms with Crippen molar-refractivity contribution in [2.45, 2.75) is 32.9 Å². The van der Waals surface area contributed by atoms with Gasteiger partial charge in [-0.3, -0.25) is 9.59 Å². The van der Waals surface area contributed by atoms with E-state index >= 15 is 0 Å². The molecule has 6 heteroatoms. The van der Waals surface area contributed by atoms with Crippen molar-refractivity contribution in [2.75, 3.05) is 5.32 Å². The first-order valence-electron chi connectivity index (χ1n) is 6.00. The highest BCUT2D eigenvalue weighted by molar-refractivity contribution is 6.33. The summed E-state index contributed by atoms with van der Waals surface area (Å²) in [7, 11) is 0. The van der Waals surface area contributed by atoms with Crippen molar-refractivity contribution in [3.63, 3.8) is 0 Å². The van der Waals surface area contributed by atoms with Crippen molar-refractivity contribution in [3.05, 3.63) is 22.7 Å². The first-order valence-corrected chi connectivity index (χ1v) is 6.38. The highest BCUT2D eigenvalue weighted by Crippen LogP contribution is 2.37. The first kappa shape index (κ1) is 13.7. The Balaban J connectivity index is 2.36. The fourth-order valence-electron chi connectivity index (χ4n) is 1.75. The fourth-order valence-corrected chi connectivity index (χ4v) is 2.01. The van der Waals surface area contributed by atoms with E-state index in [-0.39, 0.29) is 17.9 Å². The lowest BCUT2D eigenvalue weighted by atomic mass is 10.1. The second-order valence-electron chi connectivity index (χ2n) is 4.71. The second-order valence-corrected chi connectivity index (χ2v) is 5.12. The topological polar surface area (TPSA) is 67.4 Å². The van der Waals surface area contributed by atoms with Crippen LogP contribution >= 0.6 is 11.6 Å². The van der Waals surface area contributed by atoms with Crippen LogP contribution < -0.4 is 15.4 Å². The third kappa shape index (κ3) is 2.81. The normalized spacial score (nSPS) is 17.5. The van der Waals surface area contributed by atoms with Crippen LogP contribution in [0.1, 0.15) is 31.1 Å². The number of carbonyl (C=O) groups is 2. The zero-order valence-corrected chi connectivity index (χ0v) is 11.7. The summed E-state index contributed by atoms with van der Waals surface area (Å²) in [6, 6.07) is 3.11. The summed E-state index contributed by atoms with van der Waals surface area (Å²) >= 11 is 6.08. The van der Waals surface area contributed by atoms with E-state index in [2.05, 4.69) is 10.6 Å². The number of halogens is 1. The molecule has 1 aromatic carbocycles. The Morgan fingerprint density at radius 1 is 1.47 bits per heavy atom. The van der Waals surface area contributed by atoms with Crippen LogP contribution in [0.25, 0.3) is 0 Å². The molecule has 1 heterocycles. The second kappa shape index (κ2) is 5.09. The summed E-state index contributed by atoms with van der Waals surface area (Å²) < 4.78 is 5.41. The van der Waals surface area contributed by atoms with Crippen molar-refractivity contribution in [2.24, 2.45) is 0 Å². The molecule has 0 unspecified atom stereocenters. The summed E-state index contributed by atoms with van der Waals surface area (Å²) in [6.45, 7) is 5.36. The van der Waals surface area contributed by atoms with Crippen LogP contribution in [0.4, 0.5) is 5.69 Å². The van der Waals surface area contributed by atoms with Gasteiger partial charge >= 0.3 is 0 Å². The van der Waals surface area contributed by atoms with Gasteiger partial charge in [-0.25, -0.2) is 0 Å². The smallest absolute Gasteiger partial charge is 0.265 e. The molecule has 1 aliphatic rings. The maximum atomic E-state index is 11.9. The molecule has 0 spiro atoms. The molecule has 0 saturated carbocycles. The van der Waals surface area contributed by atoms with Crippen LogP contribution in [-0.4, -0.2) is 24.0 Å². The molecular formula is C13H15ClN2O3. The fraction of sp³-hybridized carbons (Fsp3) is 0.385. The van der Waals surface area contributed by atoms with E-state index in [0.717, 1.165) is 0 Å². The lowest BCUT2D eigenvalue weighted by Gasteiger charge is -2.24. The molecular weight excluding hydrogens is 268 g/mol. The predicted octanol–water partition coefficient (Wildman–Crippen LogP) is 2.20. The molecule has 1 atom stereocenters. The van der Waals surface area contributed by atoms with Gasteiger partial charge in [0.05, 0.1) is 10.7 Å². The average molecular weight is 283 g/mol. The molecule has 2 amide bonds. The minimum absolute atomic E-state index is 0.0215. The van der Waals surface area contributed by atoms with Crippen molar-refractivity contribution < 1.29 is 14.3 Å². The Bertz CT molecular complexity index is 543. The zero-order valence-electron chi connectivity index (χ0n) is 10.9. The van der Waals surface area contributed by atoms with E-state index in [1.807, 2.05) is 13.8 Å². The van der Waals surface area contributed by atoms with Gasteiger partial charge in [0.15, 0.2) is 11.9 Å². The largest absolute Gasteiger partial charge is 0.477 e. The minimum atomic E-state index is -0.597. The van der Waals surface area contributed by atoms with E-state index < -0.39 is 6.10 Å². The molecule has 1 aliphatic heterocycles. The highest BCUT2D eigenvalue weighted by atomic mass is 35.5. The molecule has 19 heavy (non-hydrogen) atoms. The quantitative estimate of drug-likeness (QED) is 0.874. The monoisotopic (exact) mass is 282 g/mol. The summed E-state index contributed by atoms with van der Waals surface area (Å²) in [6.07, 6.45) is -0.597. The van der Waals surface area contributed by atoms with Crippen LogP contribution in [0.5, 0.6) is 5.75 Å². The number of hydrogen-bond acceptors (Lipinski definition) is 3. The van der Waals surface area contributed by atoms with Gasteiger partial charge in [0.25, 0.3) is 11.8 Å². The molecule has 2 rings (SSSR count). The lowest BCUT2D eigenvalue weighted by molar-refractivity contribution is -0.122. The number of ether oxygens (including phenoxy) is 1. The molecule has 5 nitrogen and oxygen atoms in total. The van der Waals surface area contributed by atoms with Crippen molar-refractivity contribution in [1.82, 2.24) is 5.32 Å². The molecule has 102 valence electrons. The standard InChI is InChI=1S/C13H15ClN2O3/c1-6(2)15-13(18)8-4-9(14)11-10(5-8)16-12(17)7(3)19-11/h4-7H,1-3H3,(H,15,18)(H,16,17)/t7-/m1/s1. The molecule has 2 N–H and O–H groups in total. The van der Waals surface area contributed by atoms with E-state index in [0.29, 0.717) is 22.0 Å². The zero-order chi connectivity index (χ0) is 14.2. The molecule has 1 aromatic rings. The number of benzene rings is 1. The van der Waals surface area contributed by atoms with Gasteiger partial charge < -0.3 is 15.4 Å². The number of rotatable bonds is 2. The number of carbonyl (C=O) groups excluding carboxylic acids is 2. The molecule has 0 aliphatic carbocycles. The first-order chi connectivity index (χ1) is 8.88. The van der Waals surface area contributed by atoms with E-state index in [4.69, 9.17) is 16.3 Å². The summed E-state index contributed by atoms with van der Waals surface area (Å²) in [5.74, 6) is -0.104. The lowest BCUT2D eigenvalue weighted by Crippen LogP contribution is -2.35. The van der Waals surface area contributed by atoms with Crippen LogP contribution in [0, 0.1) is 0 Å². The van der Waals surface area contributed by atoms with Crippen LogP contribution in [-0.2, 0) is 4.79 Å². The number of hydrogen-bond donors (Lipinski definition) is 2. The molecule has 0 radical (unpaired) electrons. The maximum absolute atomic E-state index is 11.9. The summed E-state index contributed by atoms with van der Waals surface area (Å²) in [5, 5.41) is 5.74. The van der Waals surface area contributed by atoms with Gasteiger partial charge in [0.1, 0.15) is 0 Å². The molecule has 0 bridgehead atoms. The number of nitrogens with one attached hydrogen (secondary N) is 2. The van der Waals surface area contributed by atoms with Crippen LogP contribution in [0.15, 0.2) is 12.1 Å². The van der Waals surface area contributed by atoms with Crippen molar-refractivity contribution >= 4 is 29.1 Å². The predicted molar refractivity (Wildman–Crippen MR) is 72.8 cm³/mol. The molecule has 0 fully saturated rings. The van der Waals surface area contributed by atoms with E-state index in [1.54, 1.807) is 13.0 Å². The Kier molecular flexibility index (Phi) is 3.66. The Labute approximate surface area is 116 Å². The van der Waals surface area contributed by atoms with Gasteiger partial charge in [-0.2, -0.15) is 0 Å². The number of anilines is 1. The van der Waals surface area contributed by atoms with Gasteiger partial charge in [-0.15, -0.1) is 0 Å². The Hall–Kier alpha value is -1.75. The highest BCUT2D eigenvalue weighted by Gasteiger charge is 2.26. The molecule has 0 aromatic heterocycles.